The number of hydrogen-bond donors (Lipinski definition) is 1. The van der Waals surface area contributed by atoms with E-state index in [0.717, 1.165) is 58.0 Å². The van der Waals surface area contributed by atoms with Gasteiger partial charge in [0.1, 0.15) is 0 Å². The number of carbonyl (C=O) groups excluding carboxylic acids is 2. The summed E-state index contributed by atoms with van der Waals surface area (Å²) in [6.07, 6.45) is 54.4. The summed E-state index contributed by atoms with van der Waals surface area (Å²) >= 11 is 0. The zero-order valence-corrected chi connectivity index (χ0v) is 39.6. The number of carbonyl (C=O) groups is 2. The second-order valence-electron chi connectivity index (χ2n) is 18.2. The molecule has 1 fully saturated rings. The number of nitrogens with zero attached hydrogens (tertiary/aromatic N) is 1. The second-order valence-corrected chi connectivity index (χ2v) is 18.2. The zero-order valence-electron chi connectivity index (χ0n) is 39.6. The highest BCUT2D eigenvalue weighted by molar-refractivity contribution is 5.87. The fraction of sp³-hybridized carbons (Fsp3) is 0.887. The van der Waals surface area contributed by atoms with E-state index in [-0.39, 0.29) is 11.9 Å². The van der Waals surface area contributed by atoms with Crippen molar-refractivity contribution >= 4 is 11.9 Å². The van der Waals surface area contributed by atoms with Crippen molar-refractivity contribution in [1.82, 2.24) is 10.2 Å². The molecule has 0 aromatic rings. The SMILES string of the molecule is CCCCCCCC/C=C\CCCCCCCCC(CCCCCCCC/C=C\CCCCCCCC)(OC(=O)CCCN1CCCCC1CC)C(=O)NCCCC. The minimum atomic E-state index is -1.04. The Morgan fingerprint density at radius 1 is 0.552 bits per heavy atom. The fourth-order valence-electron chi connectivity index (χ4n) is 8.87. The molecule has 0 aliphatic carbocycles. The predicted octanol–water partition coefficient (Wildman–Crippen LogP) is 16.1. The highest BCUT2D eigenvalue weighted by Crippen LogP contribution is 2.30. The van der Waals surface area contributed by atoms with Gasteiger partial charge in [0, 0.05) is 19.0 Å². The van der Waals surface area contributed by atoms with Gasteiger partial charge >= 0.3 is 5.97 Å². The average molecular weight is 813 g/mol. The molecule has 340 valence electrons. The van der Waals surface area contributed by atoms with Crippen LogP contribution in [0.15, 0.2) is 24.3 Å². The van der Waals surface area contributed by atoms with E-state index >= 15 is 0 Å². The van der Waals surface area contributed by atoms with E-state index < -0.39 is 5.60 Å². The van der Waals surface area contributed by atoms with Crippen molar-refractivity contribution in [1.29, 1.82) is 0 Å². The van der Waals surface area contributed by atoms with Crippen molar-refractivity contribution in [2.75, 3.05) is 19.6 Å². The van der Waals surface area contributed by atoms with E-state index in [2.05, 4.69) is 62.2 Å². The molecule has 1 heterocycles. The summed E-state index contributed by atoms with van der Waals surface area (Å²) in [4.78, 5) is 30.2. The van der Waals surface area contributed by atoms with Crippen molar-refractivity contribution in [2.24, 2.45) is 0 Å². The third-order valence-corrected chi connectivity index (χ3v) is 12.8. The van der Waals surface area contributed by atoms with Crippen molar-refractivity contribution in [2.45, 2.75) is 283 Å². The summed E-state index contributed by atoms with van der Waals surface area (Å²) in [6.45, 7) is 11.8. The molecule has 1 aliphatic rings. The molecule has 1 atom stereocenters. The van der Waals surface area contributed by atoms with Gasteiger partial charge in [-0.15, -0.1) is 0 Å². The Hall–Kier alpha value is -1.62. The lowest BCUT2D eigenvalue weighted by atomic mass is 9.88. The van der Waals surface area contributed by atoms with Crippen LogP contribution in [0.25, 0.3) is 0 Å². The lowest BCUT2D eigenvalue weighted by Gasteiger charge is -2.35. The summed E-state index contributed by atoms with van der Waals surface area (Å²) in [5, 5.41) is 3.22. The smallest absolute Gasteiger partial charge is 0.306 e. The number of esters is 1. The van der Waals surface area contributed by atoms with E-state index in [1.165, 1.54) is 180 Å². The van der Waals surface area contributed by atoms with Crippen molar-refractivity contribution < 1.29 is 14.3 Å². The van der Waals surface area contributed by atoms with Gasteiger partial charge in [-0.2, -0.15) is 0 Å². The summed E-state index contributed by atoms with van der Waals surface area (Å²) in [5.74, 6) is -0.221. The maximum Gasteiger partial charge on any atom is 0.306 e. The maximum absolute atomic E-state index is 14.1. The molecule has 1 N–H and O–H groups in total. The summed E-state index contributed by atoms with van der Waals surface area (Å²) < 4.78 is 6.44. The number of likely N-dealkylation sites (tertiary alicyclic amines) is 1. The monoisotopic (exact) mass is 813 g/mol. The van der Waals surface area contributed by atoms with Gasteiger partial charge in [-0.25, -0.2) is 0 Å². The number of rotatable bonds is 42. The van der Waals surface area contributed by atoms with Crippen LogP contribution in [0, 0.1) is 0 Å². The van der Waals surface area contributed by atoms with Crippen LogP contribution >= 0.6 is 0 Å². The van der Waals surface area contributed by atoms with E-state index in [9.17, 15) is 9.59 Å². The highest BCUT2D eigenvalue weighted by Gasteiger charge is 2.41. The highest BCUT2D eigenvalue weighted by atomic mass is 16.6. The van der Waals surface area contributed by atoms with Crippen LogP contribution in [0.2, 0.25) is 0 Å². The van der Waals surface area contributed by atoms with Gasteiger partial charge in [-0.1, -0.05) is 180 Å². The summed E-state index contributed by atoms with van der Waals surface area (Å²) in [5.41, 5.74) is -1.04. The molecule has 0 aromatic carbocycles. The molecular formula is C53H100N2O3. The normalized spacial score (nSPS) is 15.2. The zero-order chi connectivity index (χ0) is 42.0. The van der Waals surface area contributed by atoms with Crippen molar-refractivity contribution in [3.8, 4) is 0 Å². The molecule has 1 unspecified atom stereocenters. The van der Waals surface area contributed by atoms with Crippen LogP contribution in [-0.2, 0) is 14.3 Å². The molecule has 0 bridgehead atoms. The molecule has 0 spiro atoms. The Labute approximate surface area is 362 Å². The number of hydrogen-bond acceptors (Lipinski definition) is 4. The molecule has 1 amide bonds. The van der Waals surface area contributed by atoms with Gasteiger partial charge in [-0.3, -0.25) is 9.59 Å². The third-order valence-electron chi connectivity index (χ3n) is 12.8. The maximum atomic E-state index is 14.1. The first-order chi connectivity index (χ1) is 28.5. The number of nitrogens with one attached hydrogen (secondary N) is 1. The molecule has 0 saturated carbocycles. The molecule has 0 radical (unpaired) electrons. The lowest BCUT2D eigenvalue weighted by molar-refractivity contribution is -0.171. The predicted molar refractivity (Wildman–Crippen MR) is 254 cm³/mol. The number of unbranched alkanes of at least 4 members (excludes halogenated alkanes) is 25. The number of allylic oxidation sites excluding steroid dienone is 4. The number of ether oxygens (including phenoxy) is 1. The van der Waals surface area contributed by atoms with Gasteiger partial charge in [-0.05, 0) is 122 Å². The minimum absolute atomic E-state index is 0.0446. The first kappa shape index (κ1) is 54.4. The Morgan fingerprint density at radius 2 is 0.983 bits per heavy atom. The van der Waals surface area contributed by atoms with Crippen LogP contribution in [0.4, 0.5) is 0 Å². The number of piperidine rings is 1. The quantitative estimate of drug-likeness (QED) is 0.0379. The number of amides is 1. The Morgan fingerprint density at radius 3 is 1.43 bits per heavy atom. The van der Waals surface area contributed by atoms with E-state index in [0.29, 0.717) is 31.8 Å². The van der Waals surface area contributed by atoms with Gasteiger partial charge in [0.05, 0.1) is 0 Å². The molecular weight excluding hydrogens is 713 g/mol. The molecule has 1 saturated heterocycles. The van der Waals surface area contributed by atoms with Crippen molar-refractivity contribution in [3.63, 3.8) is 0 Å². The van der Waals surface area contributed by atoms with E-state index in [4.69, 9.17) is 4.74 Å². The standard InChI is InChI=1S/C53H100N2O3/c1-5-9-12-14-16-18-20-22-24-26-28-30-32-34-36-39-45-53(52(57)54-47-11-7-3,58-51(56)44-42-49-55-48-41-38-43-50(55)8-4)46-40-37-35-33-31-29-27-25-23-21-19-17-15-13-10-6-2/h22-25,50H,5-21,26-49H2,1-4H3,(H,54,57)/b24-22-,25-23-. The van der Waals surface area contributed by atoms with Crippen LogP contribution < -0.4 is 5.32 Å². The first-order valence-electron chi connectivity index (χ1n) is 26.1. The van der Waals surface area contributed by atoms with E-state index in [1.807, 2.05) is 0 Å². The molecule has 58 heavy (non-hydrogen) atoms. The van der Waals surface area contributed by atoms with Gasteiger partial charge in [0.25, 0.3) is 5.91 Å². The van der Waals surface area contributed by atoms with Crippen LogP contribution in [0.5, 0.6) is 0 Å². The molecule has 5 heteroatoms. The Kier molecular flexibility index (Phi) is 38.2. The molecule has 1 aliphatic heterocycles. The largest absolute Gasteiger partial charge is 0.449 e. The van der Waals surface area contributed by atoms with Crippen LogP contribution in [0.3, 0.4) is 0 Å². The van der Waals surface area contributed by atoms with Crippen molar-refractivity contribution in [3.05, 3.63) is 24.3 Å². The Balaban J connectivity index is 2.62. The second kappa shape index (κ2) is 40.8. The average Bonchev–Trinajstić information content (AvgIpc) is 3.23. The summed E-state index contributed by atoms with van der Waals surface area (Å²) in [6, 6.07) is 0.644. The fourth-order valence-corrected chi connectivity index (χ4v) is 8.87. The van der Waals surface area contributed by atoms with E-state index in [1.54, 1.807) is 0 Å². The third kappa shape index (κ3) is 30.4. The molecule has 0 aromatic heterocycles. The molecule has 1 rings (SSSR count). The van der Waals surface area contributed by atoms with Crippen LogP contribution in [-0.4, -0.2) is 48.1 Å². The van der Waals surface area contributed by atoms with Gasteiger partial charge in [0.2, 0.25) is 0 Å². The summed E-state index contributed by atoms with van der Waals surface area (Å²) in [7, 11) is 0. The first-order valence-corrected chi connectivity index (χ1v) is 26.1. The lowest BCUT2D eigenvalue weighted by Crippen LogP contribution is -2.50. The topological polar surface area (TPSA) is 58.6 Å². The Bertz CT molecular complexity index is 935. The van der Waals surface area contributed by atoms with Crippen LogP contribution in [0.1, 0.15) is 272 Å². The minimum Gasteiger partial charge on any atom is -0.449 e. The van der Waals surface area contributed by atoms with Gasteiger partial charge < -0.3 is 15.0 Å². The van der Waals surface area contributed by atoms with Gasteiger partial charge in [0.15, 0.2) is 5.60 Å². The molecule has 5 nitrogen and oxygen atoms in total.